The van der Waals surface area contributed by atoms with E-state index in [1.807, 2.05) is 0 Å². The summed E-state index contributed by atoms with van der Waals surface area (Å²) in [5.74, 6) is -3.41. The highest BCUT2D eigenvalue weighted by Gasteiger charge is 2.20. The van der Waals surface area contributed by atoms with E-state index < -0.39 is 34.8 Å². The molecule has 0 atom stereocenters. The highest BCUT2D eigenvalue weighted by Crippen LogP contribution is 2.25. The fourth-order valence-corrected chi connectivity index (χ4v) is 2.39. The van der Waals surface area contributed by atoms with Crippen LogP contribution >= 0.6 is 11.3 Å². The second-order valence-electron chi connectivity index (χ2n) is 3.97. The standard InChI is InChI=1S/C13H10F2N2O3S/c1-20-13(19)11-9(2-3-21-11)17-12(18)7-4-6(14)5-8(16)10(7)15/h2-5H,16H2,1H3,(H,17,18). The number of anilines is 2. The molecule has 110 valence electrons. The molecule has 5 nitrogen and oxygen atoms in total. The van der Waals surface area contributed by atoms with E-state index in [1.165, 1.54) is 13.2 Å². The molecule has 2 rings (SSSR count). The Morgan fingerprint density at radius 3 is 2.71 bits per heavy atom. The lowest BCUT2D eigenvalue weighted by molar-refractivity contribution is 0.0607. The monoisotopic (exact) mass is 312 g/mol. The summed E-state index contributed by atoms with van der Waals surface area (Å²) in [5.41, 5.74) is 4.40. The van der Waals surface area contributed by atoms with Gasteiger partial charge in [0.25, 0.3) is 5.91 Å². The summed E-state index contributed by atoms with van der Waals surface area (Å²) in [6.45, 7) is 0. The minimum atomic E-state index is -1.02. The number of benzene rings is 1. The third kappa shape index (κ3) is 3.00. The quantitative estimate of drug-likeness (QED) is 0.674. The molecule has 0 spiro atoms. The maximum Gasteiger partial charge on any atom is 0.350 e. The molecule has 0 fully saturated rings. The van der Waals surface area contributed by atoms with Gasteiger partial charge in [-0.15, -0.1) is 11.3 Å². The number of halogens is 2. The number of nitrogens with two attached hydrogens (primary N) is 1. The molecular formula is C13H10F2N2O3S. The van der Waals surface area contributed by atoms with E-state index in [1.54, 1.807) is 5.38 Å². The van der Waals surface area contributed by atoms with Crippen LogP contribution in [0.4, 0.5) is 20.2 Å². The SMILES string of the molecule is COC(=O)c1sccc1NC(=O)c1cc(F)cc(N)c1F. The van der Waals surface area contributed by atoms with Gasteiger partial charge in [-0.1, -0.05) is 0 Å². The van der Waals surface area contributed by atoms with Crippen LogP contribution in [-0.2, 0) is 4.74 Å². The van der Waals surface area contributed by atoms with Crippen LogP contribution in [0.25, 0.3) is 0 Å². The van der Waals surface area contributed by atoms with E-state index in [0.717, 1.165) is 23.5 Å². The van der Waals surface area contributed by atoms with Crippen LogP contribution in [0.15, 0.2) is 23.6 Å². The lowest BCUT2D eigenvalue weighted by atomic mass is 10.1. The number of hydrogen-bond donors (Lipinski definition) is 2. The van der Waals surface area contributed by atoms with Gasteiger partial charge in [0.15, 0.2) is 5.82 Å². The molecule has 0 aliphatic rings. The van der Waals surface area contributed by atoms with Crippen molar-refractivity contribution in [2.75, 3.05) is 18.2 Å². The molecular weight excluding hydrogens is 302 g/mol. The number of hydrogen-bond acceptors (Lipinski definition) is 5. The Morgan fingerprint density at radius 1 is 1.33 bits per heavy atom. The molecule has 0 radical (unpaired) electrons. The minimum Gasteiger partial charge on any atom is -0.465 e. The summed E-state index contributed by atoms with van der Waals surface area (Å²) < 4.78 is 31.5. The fourth-order valence-electron chi connectivity index (χ4n) is 1.62. The molecule has 21 heavy (non-hydrogen) atoms. The van der Waals surface area contributed by atoms with Crippen molar-refractivity contribution in [2.24, 2.45) is 0 Å². The smallest absolute Gasteiger partial charge is 0.350 e. The predicted molar refractivity (Wildman–Crippen MR) is 74.4 cm³/mol. The van der Waals surface area contributed by atoms with Crippen LogP contribution in [0, 0.1) is 11.6 Å². The lowest BCUT2D eigenvalue weighted by Crippen LogP contribution is -2.16. The Morgan fingerprint density at radius 2 is 2.05 bits per heavy atom. The van der Waals surface area contributed by atoms with Gasteiger partial charge in [-0.2, -0.15) is 0 Å². The second kappa shape index (κ2) is 5.88. The van der Waals surface area contributed by atoms with Crippen molar-refractivity contribution < 1.29 is 23.1 Å². The van der Waals surface area contributed by atoms with E-state index in [4.69, 9.17) is 5.73 Å². The molecule has 1 amide bonds. The largest absolute Gasteiger partial charge is 0.465 e. The molecule has 1 aromatic carbocycles. The van der Waals surface area contributed by atoms with Gasteiger partial charge in [-0.25, -0.2) is 13.6 Å². The van der Waals surface area contributed by atoms with Crippen LogP contribution in [0.1, 0.15) is 20.0 Å². The number of carbonyl (C=O) groups is 2. The van der Waals surface area contributed by atoms with E-state index in [0.29, 0.717) is 0 Å². The molecule has 0 unspecified atom stereocenters. The van der Waals surface area contributed by atoms with Crippen LogP contribution in [0.3, 0.4) is 0 Å². The summed E-state index contributed by atoms with van der Waals surface area (Å²) in [6.07, 6.45) is 0. The van der Waals surface area contributed by atoms with Crippen LogP contribution < -0.4 is 11.1 Å². The van der Waals surface area contributed by atoms with E-state index in [-0.39, 0.29) is 10.6 Å². The zero-order valence-corrected chi connectivity index (χ0v) is 11.6. The number of amides is 1. The Kier molecular flexibility index (Phi) is 4.18. The molecule has 8 heteroatoms. The first-order valence-electron chi connectivity index (χ1n) is 5.65. The van der Waals surface area contributed by atoms with Gasteiger partial charge in [0, 0.05) is 0 Å². The summed E-state index contributed by atoms with van der Waals surface area (Å²) in [5, 5.41) is 3.88. The van der Waals surface area contributed by atoms with Crippen molar-refractivity contribution in [1.82, 2.24) is 0 Å². The average molecular weight is 312 g/mol. The van der Waals surface area contributed by atoms with Crippen LogP contribution in [0.5, 0.6) is 0 Å². The number of rotatable bonds is 3. The lowest BCUT2D eigenvalue weighted by Gasteiger charge is -2.08. The molecule has 0 aliphatic carbocycles. The third-order valence-electron chi connectivity index (χ3n) is 2.59. The highest BCUT2D eigenvalue weighted by atomic mass is 32.1. The van der Waals surface area contributed by atoms with Crippen molar-refractivity contribution in [2.45, 2.75) is 0 Å². The molecule has 2 aromatic rings. The second-order valence-corrected chi connectivity index (χ2v) is 4.88. The molecule has 0 saturated heterocycles. The molecule has 1 heterocycles. The van der Waals surface area contributed by atoms with Gasteiger partial charge in [0.1, 0.15) is 10.7 Å². The van der Waals surface area contributed by atoms with Crippen molar-refractivity contribution >= 4 is 34.6 Å². The van der Waals surface area contributed by atoms with Gasteiger partial charge >= 0.3 is 5.97 Å². The molecule has 1 aromatic heterocycles. The Bertz CT molecular complexity index is 715. The number of nitrogens with one attached hydrogen (secondary N) is 1. The average Bonchev–Trinajstić information content (AvgIpc) is 2.89. The maximum atomic E-state index is 13.7. The first-order valence-corrected chi connectivity index (χ1v) is 6.53. The van der Waals surface area contributed by atoms with E-state index >= 15 is 0 Å². The molecule has 3 N–H and O–H groups in total. The van der Waals surface area contributed by atoms with E-state index in [2.05, 4.69) is 10.1 Å². The van der Waals surface area contributed by atoms with Crippen molar-refractivity contribution in [1.29, 1.82) is 0 Å². The number of thiophene rings is 1. The predicted octanol–water partition coefficient (Wildman–Crippen LogP) is 2.65. The zero-order valence-electron chi connectivity index (χ0n) is 10.8. The van der Waals surface area contributed by atoms with Gasteiger partial charge < -0.3 is 15.8 Å². The Hall–Kier alpha value is -2.48. The zero-order chi connectivity index (χ0) is 15.6. The van der Waals surface area contributed by atoms with Gasteiger partial charge in [0.2, 0.25) is 0 Å². The van der Waals surface area contributed by atoms with E-state index in [9.17, 15) is 18.4 Å². The Labute approximate surface area is 122 Å². The fraction of sp³-hybridized carbons (Fsp3) is 0.0769. The van der Waals surface area contributed by atoms with Gasteiger partial charge in [-0.05, 0) is 23.6 Å². The Balaban J connectivity index is 2.31. The maximum absolute atomic E-state index is 13.7. The first-order chi connectivity index (χ1) is 9.93. The number of nitrogen functional groups attached to an aromatic ring is 1. The summed E-state index contributed by atoms with van der Waals surface area (Å²) in [4.78, 5) is 23.6. The summed E-state index contributed by atoms with van der Waals surface area (Å²) >= 11 is 1.05. The number of methoxy groups -OCH3 is 1. The number of ether oxygens (including phenoxy) is 1. The van der Waals surface area contributed by atoms with Crippen LogP contribution in [-0.4, -0.2) is 19.0 Å². The number of carbonyl (C=O) groups excluding carboxylic acids is 2. The van der Waals surface area contributed by atoms with Gasteiger partial charge in [0.05, 0.1) is 24.0 Å². The summed E-state index contributed by atoms with van der Waals surface area (Å²) in [7, 11) is 1.20. The number of esters is 1. The van der Waals surface area contributed by atoms with Crippen molar-refractivity contribution in [3.05, 3.63) is 45.7 Å². The first kappa shape index (κ1) is 14.9. The molecule has 0 aliphatic heterocycles. The molecule has 0 saturated carbocycles. The van der Waals surface area contributed by atoms with Gasteiger partial charge in [-0.3, -0.25) is 4.79 Å². The highest BCUT2D eigenvalue weighted by molar-refractivity contribution is 7.12. The van der Waals surface area contributed by atoms with Crippen LogP contribution in [0.2, 0.25) is 0 Å². The molecule has 0 bridgehead atoms. The summed E-state index contributed by atoms with van der Waals surface area (Å²) in [6, 6.07) is 2.96. The van der Waals surface area contributed by atoms with Crippen molar-refractivity contribution in [3.8, 4) is 0 Å². The topological polar surface area (TPSA) is 81.4 Å². The minimum absolute atomic E-state index is 0.149. The normalized spacial score (nSPS) is 10.2. The van der Waals surface area contributed by atoms with Crippen molar-refractivity contribution in [3.63, 3.8) is 0 Å². The third-order valence-corrected chi connectivity index (χ3v) is 3.49.